The summed E-state index contributed by atoms with van der Waals surface area (Å²) in [6.45, 7) is 8.71. The lowest BCUT2D eigenvalue weighted by Gasteiger charge is -2.35. The van der Waals surface area contributed by atoms with Crippen LogP contribution in [0.5, 0.6) is 0 Å². The van der Waals surface area contributed by atoms with Gasteiger partial charge >= 0.3 is 5.97 Å². The van der Waals surface area contributed by atoms with Crippen LogP contribution >= 0.6 is 0 Å². The van der Waals surface area contributed by atoms with Crippen molar-refractivity contribution in [2.24, 2.45) is 0 Å². The van der Waals surface area contributed by atoms with Crippen molar-refractivity contribution >= 4 is 5.97 Å². The third kappa shape index (κ3) is 4.23. The van der Waals surface area contributed by atoms with Gasteiger partial charge in [-0.15, -0.1) is 0 Å². The van der Waals surface area contributed by atoms with Gasteiger partial charge in [-0.1, -0.05) is 0 Å². The summed E-state index contributed by atoms with van der Waals surface area (Å²) in [5.74, 6) is -0.784. The molecule has 5 heteroatoms. The Morgan fingerprint density at radius 2 is 2.00 bits per heavy atom. The largest absolute Gasteiger partial charge is 0.480 e. The van der Waals surface area contributed by atoms with Gasteiger partial charge in [0.1, 0.15) is 5.54 Å². The fraction of sp³-hybridized carbons (Fsp3) is 0.923. The number of likely N-dealkylation sites (N-methyl/N-ethyl adjacent to an activating group) is 1. The lowest BCUT2D eigenvalue weighted by atomic mass is 9.96. The van der Waals surface area contributed by atoms with Crippen LogP contribution in [0.2, 0.25) is 0 Å². The number of nitrogens with zero attached hydrogens (tertiary/aromatic N) is 1. The summed E-state index contributed by atoms with van der Waals surface area (Å²) in [6.07, 6.45) is 2.05. The summed E-state index contributed by atoms with van der Waals surface area (Å²) in [7, 11) is 1.70. The highest BCUT2D eigenvalue weighted by atomic mass is 16.5. The van der Waals surface area contributed by atoms with Crippen LogP contribution in [0.4, 0.5) is 0 Å². The fourth-order valence-electron chi connectivity index (χ4n) is 2.46. The Labute approximate surface area is 109 Å². The molecule has 0 aromatic heterocycles. The summed E-state index contributed by atoms with van der Waals surface area (Å²) in [5, 5.41) is 12.0. The highest BCUT2D eigenvalue weighted by Gasteiger charge is 2.31. The second-order valence-corrected chi connectivity index (χ2v) is 5.51. The molecule has 2 N–H and O–H groups in total. The van der Waals surface area contributed by atoms with Crippen molar-refractivity contribution in [3.63, 3.8) is 0 Å². The zero-order chi connectivity index (χ0) is 13.8. The van der Waals surface area contributed by atoms with Gasteiger partial charge in [0.05, 0.1) is 12.2 Å². The summed E-state index contributed by atoms with van der Waals surface area (Å²) < 4.78 is 5.67. The Morgan fingerprint density at radius 1 is 1.44 bits per heavy atom. The Bertz CT molecular complexity index is 275. The van der Waals surface area contributed by atoms with E-state index in [4.69, 9.17) is 9.84 Å². The first-order chi connectivity index (χ1) is 8.37. The minimum Gasteiger partial charge on any atom is -0.480 e. The molecule has 1 rings (SSSR count). The standard InChI is InChI=1S/C13H26N2O3/c1-10-8-15(9-11(2)18-10)7-5-6-13(3,14-4)12(16)17/h10-11,14H,5-9H2,1-4H3,(H,16,17)/t10-,11+,13?. The molecule has 18 heavy (non-hydrogen) atoms. The van der Waals surface area contributed by atoms with Crippen molar-refractivity contribution in [3.05, 3.63) is 0 Å². The predicted molar refractivity (Wildman–Crippen MR) is 70.8 cm³/mol. The first-order valence-electron chi connectivity index (χ1n) is 6.67. The summed E-state index contributed by atoms with van der Waals surface area (Å²) >= 11 is 0. The molecule has 1 heterocycles. The molecular formula is C13H26N2O3. The van der Waals surface area contributed by atoms with Crippen LogP contribution in [-0.4, -0.2) is 60.4 Å². The Hall–Kier alpha value is -0.650. The molecule has 3 atom stereocenters. The lowest BCUT2D eigenvalue weighted by molar-refractivity contribution is -0.144. The van der Waals surface area contributed by atoms with Crippen molar-refractivity contribution in [1.29, 1.82) is 0 Å². The number of rotatable bonds is 6. The molecule has 1 aliphatic rings. The molecule has 0 amide bonds. The first kappa shape index (κ1) is 15.4. The molecule has 0 aromatic rings. The van der Waals surface area contributed by atoms with Gasteiger partial charge in [0.15, 0.2) is 0 Å². The van der Waals surface area contributed by atoms with Crippen LogP contribution in [0.15, 0.2) is 0 Å². The van der Waals surface area contributed by atoms with E-state index < -0.39 is 11.5 Å². The quantitative estimate of drug-likeness (QED) is 0.742. The molecule has 0 bridgehead atoms. The first-order valence-corrected chi connectivity index (χ1v) is 6.67. The highest BCUT2D eigenvalue weighted by molar-refractivity contribution is 5.78. The average Bonchev–Trinajstić information content (AvgIpc) is 2.27. The van der Waals surface area contributed by atoms with Crippen LogP contribution in [0.1, 0.15) is 33.6 Å². The molecular weight excluding hydrogens is 232 g/mol. The number of hydrogen-bond acceptors (Lipinski definition) is 4. The van der Waals surface area contributed by atoms with Gasteiger partial charge < -0.3 is 15.2 Å². The molecule has 0 spiro atoms. The second-order valence-electron chi connectivity index (χ2n) is 5.51. The molecule has 0 aromatic carbocycles. The zero-order valence-electron chi connectivity index (χ0n) is 11.9. The van der Waals surface area contributed by atoms with Crippen molar-refractivity contribution in [2.45, 2.75) is 51.4 Å². The van der Waals surface area contributed by atoms with E-state index in [9.17, 15) is 4.79 Å². The Kier molecular flexibility index (Phi) is 5.56. The third-order valence-electron chi connectivity index (χ3n) is 3.67. The molecule has 0 radical (unpaired) electrons. The number of carboxylic acids is 1. The minimum atomic E-state index is -0.816. The molecule has 1 fully saturated rings. The van der Waals surface area contributed by atoms with E-state index in [1.54, 1.807) is 14.0 Å². The van der Waals surface area contributed by atoms with Crippen molar-refractivity contribution in [3.8, 4) is 0 Å². The zero-order valence-corrected chi connectivity index (χ0v) is 11.9. The topological polar surface area (TPSA) is 61.8 Å². The van der Waals surface area contributed by atoms with Crippen LogP contribution < -0.4 is 5.32 Å². The fourth-order valence-corrected chi connectivity index (χ4v) is 2.46. The molecule has 106 valence electrons. The predicted octanol–water partition coefficient (Wildman–Crippen LogP) is 0.939. The number of carbonyl (C=O) groups is 1. The van der Waals surface area contributed by atoms with Crippen LogP contribution in [-0.2, 0) is 9.53 Å². The van der Waals surface area contributed by atoms with E-state index in [0.29, 0.717) is 6.42 Å². The van der Waals surface area contributed by atoms with Crippen molar-refractivity contribution in [1.82, 2.24) is 10.2 Å². The maximum atomic E-state index is 11.1. The van der Waals surface area contributed by atoms with Crippen molar-refractivity contribution < 1.29 is 14.6 Å². The third-order valence-corrected chi connectivity index (χ3v) is 3.67. The van der Waals surface area contributed by atoms with Gasteiger partial charge in [0, 0.05) is 13.1 Å². The van der Waals surface area contributed by atoms with Crippen LogP contribution in [0.25, 0.3) is 0 Å². The van der Waals surface area contributed by atoms with Gasteiger partial charge in [0.2, 0.25) is 0 Å². The monoisotopic (exact) mass is 258 g/mol. The summed E-state index contributed by atoms with van der Waals surface area (Å²) in [4.78, 5) is 13.5. The smallest absolute Gasteiger partial charge is 0.323 e. The van der Waals surface area contributed by atoms with E-state index in [1.807, 2.05) is 0 Å². The number of carboxylic acid groups (broad SMARTS) is 1. The Balaban J connectivity index is 2.35. The molecule has 1 aliphatic heterocycles. The van der Waals surface area contributed by atoms with E-state index >= 15 is 0 Å². The molecule has 1 saturated heterocycles. The van der Waals surface area contributed by atoms with E-state index in [1.165, 1.54) is 0 Å². The van der Waals surface area contributed by atoms with Gasteiger partial charge in [0.25, 0.3) is 0 Å². The lowest BCUT2D eigenvalue weighted by Crippen LogP contribution is -2.49. The number of ether oxygens (including phenoxy) is 1. The van der Waals surface area contributed by atoms with E-state index in [2.05, 4.69) is 24.1 Å². The van der Waals surface area contributed by atoms with Gasteiger partial charge in [-0.05, 0) is 47.2 Å². The highest BCUT2D eigenvalue weighted by Crippen LogP contribution is 2.15. The van der Waals surface area contributed by atoms with Gasteiger partial charge in [-0.2, -0.15) is 0 Å². The van der Waals surface area contributed by atoms with E-state index in [0.717, 1.165) is 26.1 Å². The minimum absolute atomic E-state index is 0.268. The number of morpholine rings is 1. The van der Waals surface area contributed by atoms with Crippen LogP contribution in [0.3, 0.4) is 0 Å². The molecule has 0 aliphatic carbocycles. The van der Waals surface area contributed by atoms with Crippen molar-refractivity contribution in [2.75, 3.05) is 26.7 Å². The number of nitrogens with one attached hydrogen (secondary N) is 1. The molecule has 5 nitrogen and oxygen atoms in total. The maximum absolute atomic E-state index is 11.1. The summed E-state index contributed by atoms with van der Waals surface area (Å²) in [5.41, 5.74) is -0.816. The SMILES string of the molecule is CNC(C)(CCCN1C[C@@H](C)O[C@@H](C)C1)C(=O)O. The maximum Gasteiger partial charge on any atom is 0.323 e. The Morgan fingerprint density at radius 3 is 2.44 bits per heavy atom. The number of hydrogen-bond donors (Lipinski definition) is 2. The summed E-state index contributed by atoms with van der Waals surface area (Å²) in [6, 6.07) is 0. The van der Waals surface area contributed by atoms with E-state index in [-0.39, 0.29) is 12.2 Å². The second kappa shape index (κ2) is 6.50. The molecule has 0 saturated carbocycles. The van der Waals surface area contributed by atoms with Gasteiger partial charge in [-0.3, -0.25) is 9.69 Å². The molecule has 1 unspecified atom stereocenters. The van der Waals surface area contributed by atoms with Crippen LogP contribution in [0, 0.1) is 0 Å². The van der Waals surface area contributed by atoms with Gasteiger partial charge in [-0.25, -0.2) is 0 Å². The average molecular weight is 258 g/mol. The normalized spacial score (nSPS) is 28.9. The number of aliphatic carboxylic acids is 1.